The van der Waals surface area contributed by atoms with Gasteiger partial charge in [0.15, 0.2) is 0 Å². The molecule has 3 aromatic rings. The number of aromatic nitrogens is 2. The van der Waals surface area contributed by atoms with Crippen LogP contribution in [-0.2, 0) is 45.5 Å². The molecule has 206 valence electrons. The molecule has 1 unspecified atom stereocenters. The van der Waals surface area contributed by atoms with Crippen LogP contribution in [0.15, 0.2) is 41.4 Å². The SMILES string of the molecule is Cc1cc(-c2ccc3c(c2)COCC3)cc(P)c1CC(=O)NS(=O)(=O)c1cc2n(n1)C[C@@H](N1CC(F)C1)CO2. The van der Waals surface area contributed by atoms with Crippen molar-refractivity contribution in [3.8, 4) is 17.0 Å². The normalized spacial score (nSPS) is 19.5. The number of amides is 1. The predicted molar refractivity (Wildman–Crippen MR) is 146 cm³/mol. The van der Waals surface area contributed by atoms with Crippen LogP contribution in [0, 0.1) is 6.92 Å². The maximum Gasteiger partial charge on any atom is 0.283 e. The van der Waals surface area contributed by atoms with Crippen molar-refractivity contribution in [1.82, 2.24) is 19.4 Å². The zero-order valence-corrected chi connectivity index (χ0v) is 23.5. The van der Waals surface area contributed by atoms with Crippen LogP contribution in [0.5, 0.6) is 5.88 Å². The molecular formula is C27H30FN4O5PS. The average Bonchev–Trinajstić information content (AvgIpc) is 3.33. The van der Waals surface area contributed by atoms with Crippen molar-refractivity contribution < 1.29 is 27.1 Å². The number of rotatable bonds is 6. The average molecular weight is 573 g/mol. The number of fused-ring (bicyclic) bond motifs is 2. The van der Waals surface area contributed by atoms with Crippen LogP contribution in [0.4, 0.5) is 4.39 Å². The monoisotopic (exact) mass is 572 g/mol. The van der Waals surface area contributed by atoms with Gasteiger partial charge in [0.25, 0.3) is 10.0 Å². The summed E-state index contributed by atoms with van der Waals surface area (Å²) in [6.07, 6.45) is -0.0290. The zero-order chi connectivity index (χ0) is 27.3. The van der Waals surface area contributed by atoms with E-state index in [-0.39, 0.29) is 17.5 Å². The van der Waals surface area contributed by atoms with Gasteiger partial charge < -0.3 is 9.47 Å². The van der Waals surface area contributed by atoms with Crippen LogP contribution in [0.2, 0.25) is 0 Å². The van der Waals surface area contributed by atoms with Gasteiger partial charge in [-0.3, -0.25) is 9.69 Å². The number of likely N-dealkylation sites (tertiary alicyclic amines) is 1. The molecule has 9 nitrogen and oxygen atoms in total. The highest BCUT2D eigenvalue weighted by Gasteiger charge is 2.36. The minimum Gasteiger partial charge on any atom is -0.476 e. The molecule has 39 heavy (non-hydrogen) atoms. The Morgan fingerprint density at radius 1 is 1.15 bits per heavy atom. The molecule has 1 amide bonds. The Bertz CT molecular complexity index is 1530. The number of benzene rings is 2. The van der Waals surface area contributed by atoms with E-state index in [0.717, 1.165) is 40.6 Å². The number of hydrogen-bond donors (Lipinski definition) is 1. The van der Waals surface area contributed by atoms with Crippen LogP contribution in [0.3, 0.4) is 0 Å². The van der Waals surface area contributed by atoms with Crippen molar-refractivity contribution in [2.75, 3.05) is 26.3 Å². The topological polar surface area (TPSA) is 103 Å². The number of ether oxygens (including phenoxy) is 2. The molecule has 6 rings (SSSR count). The molecule has 2 atom stereocenters. The third-order valence-corrected chi connectivity index (χ3v) is 9.35. The van der Waals surface area contributed by atoms with E-state index in [4.69, 9.17) is 9.47 Å². The van der Waals surface area contributed by atoms with Crippen molar-refractivity contribution in [2.24, 2.45) is 0 Å². The summed E-state index contributed by atoms with van der Waals surface area (Å²) in [7, 11) is -1.54. The second-order valence-electron chi connectivity index (χ2n) is 10.4. The summed E-state index contributed by atoms with van der Waals surface area (Å²) >= 11 is 0. The molecule has 3 aliphatic heterocycles. The smallest absolute Gasteiger partial charge is 0.283 e. The molecule has 4 heterocycles. The van der Waals surface area contributed by atoms with Crippen LogP contribution in [-0.4, -0.2) is 67.5 Å². The molecule has 0 aliphatic carbocycles. The fourth-order valence-corrected chi connectivity index (χ4v) is 6.81. The third-order valence-electron chi connectivity index (χ3n) is 7.59. The summed E-state index contributed by atoms with van der Waals surface area (Å²) in [5.74, 6) is -0.344. The molecule has 0 radical (unpaired) electrons. The Morgan fingerprint density at radius 2 is 1.97 bits per heavy atom. The van der Waals surface area contributed by atoms with Gasteiger partial charge in [0.1, 0.15) is 12.8 Å². The van der Waals surface area contributed by atoms with Crippen molar-refractivity contribution >= 4 is 30.5 Å². The summed E-state index contributed by atoms with van der Waals surface area (Å²) in [5.41, 5.74) is 6.21. The standard InChI is InChI=1S/C27H30FN4O5PS/c1-16-6-19(18-3-2-17-4-5-36-14-20(17)7-18)8-24(38)23(16)9-25(33)30-39(34,35)26-10-27-32(29-26)13-22(15-37-27)31-11-21(28)12-31/h2-3,6-8,10,21-22H,4-5,9,11-15,38H2,1H3,(H,30,33)/t22-/m1/s1. The minimum atomic E-state index is -4.20. The Kier molecular flexibility index (Phi) is 6.95. The van der Waals surface area contributed by atoms with Crippen LogP contribution in [0.1, 0.15) is 22.3 Å². The number of aryl methyl sites for hydroxylation is 1. The van der Waals surface area contributed by atoms with E-state index in [1.165, 1.54) is 21.9 Å². The second-order valence-corrected chi connectivity index (χ2v) is 12.6. The number of nitrogens with one attached hydrogen (secondary N) is 1. The third kappa shape index (κ3) is 5.33. The molecule has 0 saturated carbocycles. The highest BCUT2D eigenvalue weighted by Crippen LogP contribution is 2.28. The molecule has 1 saturated heterocycles. The fraction of sp³-hybridized carbons (Fsp3) is 0.407. The van der Waals surface area contributed by atoms with Gasteiger partial charge in [0.05, 0.1) is 32.2 Å². The number of nitrogens with zero attached hydrogens (tertiary/aromatic N) is 3. The first-order valence-electron chi connectivity index (χ1n) is 12.9. The van der Waals surface area contributed by atoms with Crippen molar-refractivity contribution in [3.05, 3.63) is 58.7 Å². The lowest BCUT2D eigenvalue weighted by atomic mass is 9.94. The highest BCUT2D eigenvalue weighted by atomic mass is 32.2. The van der Waals surface area contributed by atoms with Gasteiger partial charge in [-0.25, -0.2) is 13.8 Å². The lowest BCUT2D eigenvalue weighted by Gasteiger charge is -2.41. The number of alkyl halides is 1. The van der Waals surface area contributed by atoms with Gasteiger partial charge in [-0.15, -0.1) is 9.24 Å². The number of carbonyl (C=O) groups is 1. The fourth-order valence-electron chi connectivity index (χ4n) is 5.36. The molecule has 1 N–H and O–H groups in total. The highest BCUT2D eigenvalue weighted by molar-refractivity contribution is 7.90. The maximum absolute atomic E-state index is 13.2. The van der Waals surface area contributed by atoms with E-state index in [0.29, 0.717) is 38.7 Å². The number of halogens is 1. The van der Waals surface area contributed by atoms with Gasteiger partial charge in [-0.1, -0.05) is 18.2 Å². The number of carbonyl (C=O) groups excluding carboxylic acids is 1. The Hall–Kier alpha value is -2.85. The zero-order valence-electron chi connectivity index (χ0n) is 21.5. The first-order chi connectivity index (χ1) is 18.7. The molecule has 1 aromatic heterocycles. The van der Waals surface area contributed by atoms with E-state index >= 15 is 0 Å². The first-order valence-corrected chi connectivity index (χ1v) is 15.0. The Labute approximate surface area is 228 Å². The van der Waals surface area contributed by atoms with Crippen molar-refractivity contribution in [1.29, 1.82) is 0 Å². The van der Waals surface area contributed by atoms with Gasteiger partial charge in [0, 0.05) is 19.2 Å². The Balaban J connectivity index is 1.14. The number of sulfonamides is 1. The van der Waals surface area contributed by atoms with Crippen molar-refractivity contribution in [3.63, 3.8) is 0 Å². The van der Waals surface area contributed by atoms with Crippen LogP contribution >= 0.6 is 9.24 Å². The predicted octanol–water partition coefficient (Wildman–Crippen LogP) is 1.89. The first kappa shape index (κ1) is 26.4. The molecule has 1 fully saturated rings. The van der Waals surface area contributed by atoms with Gasteiger partial charge >= 0.3 is 0 Å². The quantitative estimate of drug-likeness (QED) is 0.450. The molecule has 0 spiro atoms. The molecule has 2 aromatic carbocycles. The summed E-state index contributed by atoms with van der Waals surface area (Å²) in [6, 6.07) is 11.6. The van der Waals surface area contributed by atoms with Crippen molar-refractivity contribution in [2.45, 2.75) is 50.2 Å². The van der Waals surface area contributed by atoms with Crippen LogP contribution < -0.4 is 14.8 Å². The van der Waals surface area contributed by atoms with E-state index in [2.05, 4.69) is 37.3 Å². The second kappa shape index (κ2) is 10.3. The lowest BCUT2D eigenvalue weighted by molar-refractivity contribution is -0.118. The van der Waals surface area contributed by atoms with Crippen LogP contribution in [0.25, 0.3) is 11.1 Å². The maximum atomic E-state index is 13.2. The van der Waals surface area contributed by atoms with Gasteiger partial charge in [-0.05, 0) is 64.2 Å². The van der Waals surface area contributed by atoms with Gasteiger partial charge in [0.2, 0.25) is 16.8 Å². The number of hydrogen-bond acceptors (Lipinski definition) is 7. The summed E-state index contributed by atoms with van der Waals surface area (Å²) in [5, 5.41) is 4.70. The minimum absolute atomic E-state index is 0.0735. The summed E-state index contributed by atoms with van der Waals surface area (Å²) in [6.45, 7) is 4.66. The molecule has 3 aliphatic rings. The largest absolute Gasteiger partial charge is 0.476 e. The van der Waals surface area contributed by atoms with Gasteiger partial charge in [-0.2, -0.15) is 13.5 Å². The molecule has 0 bridgehead atoms. The van der Waals surface area contributed by atoms with E-state index in [9.17, 15) is 17.6 Å². The lowest BCUT2D eigenvalue weighted by Crippen LogP contribution is -2.57. The van der Waals surface area contributed by atoms with E-state index < -0.39 is 22.1 Å². The molecule has 12 heteroatoms. The van der Waals surface area contributed by atoms with E-state index in [1.54, 1.807) is 0 Å². The Morgan fingerprint density at radius 3 is 2.74 bits per heavy atom. The van der Waals surface area contributed by atoms with E-state index in [1.807, 2.05) is 24.0 Å². The molecular weight excluding hydrogens is 542 g/mol. The summed E-state index contributed by atoms with van der Waals surface area (Å²) in [4.78, 5) is 14.8. The summed E-state index contributed by atoms with van der Waals surface area (Å²) < 4.78 is 54.0.